The number of nitrogens with zero attached hydrogens (tertiary/aromatic N) is 2. The Labute approximate surface area is 122 Å². The topological polar surface area (TPSA) is 59.0 Å². The van der Waals surface area contributed by atoms with Crippen LogP contribution < -0.4 is 10.6 Å². The summed E-state index contributed by atoms with van der Waals surface area (Å²) in [6, 6.07) is 3.87. The summed E-state index contributed by atoms with van der Waals surface area (Å²) in [7, 11) is 0. The lowest BCUT2D eigenvalue weighted by Crippen LogP contribution is -2.34. The highest BCUT2D eigenvalue weighted by Crippen LogP contribution is 2.17. The monoisotopic (exact) mass is 290 g/mol. The Morgan fingerprint density at radius 1 is 1.35 bits per heavy atom. The zero-order chi connectivity index (χ0) is 13.8. The molecule has 0 bridgehead atoms. The van der Waals surface area contributed by atoms with E-state index in [1.54, 1.807) is 11.3 Å². The molecule has 5 nitrogen and oxygen atoms in total. The number of hydrogen-bond acceptors (Lipinski definition) is 3. The Balaban J connectivity index is 1.49. The van der Waals surface area contributed by atoms with E-state index in [1.807, 2.05) is 23.7 Å². The van der Waals surface area contributed by atoms with Crippen molar-refractivity contribution in [2.24, 2.45) is 0 Å². The smallest absolute Gasteiger partial charge is 0.315 e. The fraction of sp³-hybridized carbons (Fsp3) is 0.429. The number of carbonyl (C=O) groups excluding carboxylic acids is 1. The molecule has 6 heteroatoms. The second kappa shape index (κ2) is 6.09. The lowest BCUT2D eigenvalue weighted by molar-refractivity contribution is 0.240. The fourth-order valence-corrected chi connectivity index (χ4v) is 3.10. The number of carbonyl (C=O) groups is 1. The van der Waals surface area contributed by atoms with Gasteiger partial charge in [-0.3, -0.25) is 4.68 Å². The summed E-state index contributed by atoms with van der Waals surface area (Å²) in [5, 5.41) is 12.1. The molecule has 0 saturated carbocycles. The number of hydrogen-bond donors (Lipinski definition) is 2. The summed E-state index contributed by atoms with van der Waals surface area (Å²) < 4.78 is 2.06. The first-order valence-electron chi connectivity index (χ1n) is 6.90. The van der Waals surface area contributed by atoms with Gasteiger partial charge in [-0.2, -0.15) is 5.10 Å². The van der Waals surface area contributed by atoms with Crippen LogP contribution in [0.1, 0.15) is 29.0 Å². The maximum absolute atomic E-state index is 11.8. The highest BCUT2D eigenvalue weighted by Gasteiger charge is 2.14. The van der Waals surface area contributed by atoms with E-state index in [0.717, 1.165) is 23.4 Å². The summed E-state index contributed by atoms with van der Waals surface area (Å²) >= 11 is 1.64. The minimum Gasteiger partial charge on any atom is -0.334 e. The van der Waals surface area contributed by atoms with E-state index in [4.69, 9.17) is 0 Å². The van der Waals surface area contributed by atoms with Crippen LogP contribution in [0.5, 0.6) is 0 Å². The SMILES string of the molecule is O=C(NCc1cccs1)NCc1cnn2c1CCCC2. The molecule has 2 amide bonds. The van der Waals surface area contributed by atoms with Crippen molar-refractivity contribution in [3.8, 4) is 0 Å². The minimum absolute atomic E-state index is 0.130. The van der Waals surface area contributed by atoms with E-state index in [1.165, 1.54) is 18.5 Å². The van der Waals surface area contributed by atoms with Crippen molar-refractivity contribution >= 4 is 17.4 Å². The van der Waals surface area contributed by atoms with Crippen molar-refractivity contribution in [2.75, 3.05) is 0 Å². The maximum atomic E-state index is 11.8. The van der Waals surface area contributed by atoms with Gasteiger partial charge in [-0.25, -0.2) is 4.79 Å². The molecule has 0 fully saturated rings. The first kappa shape index (κ1) is 13.2. The first-order valence-corrected chi connectivity index (χ1v) is 7.78. The Bertz CT molecular complexity index is 576. The van der Waals surface area contributed by atoms with Crippen molar-refractivity contribution < 1.29 is 4.79 Å². The summed E-state index contributed by atoms with van der Waals surface area (Å²) in [6.07, 6.45) is 5.35. The largest absolute Gasteiger partial charge is 0.334 e. The molecule has 0 radical (unpaired) electrons. The van der Waals surface area contributed by atoms with Gasteiger partial charge in [0.2, 0.25) is 0 Å². The molecule has 0 saturated heterocycles. The van der Waals surface area contributed by atoms with Gasteiger partial charge in [0.25, 0.3) is 0 Å². The standard InChI is InChI=1S/C14H18N4OS/c19-14(16-10-12-4-3-7-20-12)15-8-11-9-17-18-6-2-1-5-13(11)18/h3-4,7,9H,1-2,5-6,8,10H2,(H2,15,16,19). The molecule has 106 valence electrons. The van der Waals surface area contributed by atoms with E-state index >= 15 is 0 Å². The summed E-state index contributed by atoms with van der Waals surface area (Å²) in [4.78, 5) is 12.9. The van der Waals surface area contributed by atoms with Crippen LogP contribution in [0.4, 0.5) is 4.79 Å². The van der Waals surface area contributed by atoms with E-state index in [9.17, 15) is 4.79 Å². The second-order valence-electron chi connectivity index (χ2n) is 4.91. The average Bonchev–Trinajstić information content (AvgIpc) is 3.12. The predicted octanol–water partition coefficient (Wildman–Crippen LogP) is 2.28. The maximum Gasteiger partial charge on any atom is 0.315 e. The molecule has 1 aliphatic heterocycles. The van der Waals surface area contributed by atoms with Crippen LogP contribution in [0.2, 0.25) is 0 Å². The Morgan fingerprint density at radius 2 is 2.25 bits per heavy atom. The van der Waals surface area contributed by atoms with Crippen molar-refractivity contribution in [1.29, 1.82) is 0 Å². The number of amides is 2. The molecule has 3 rings (SSSR count). The Morgan fingerprint density at radius 3 is 3.10 bits per heavy atom. The summed E-state index contributed by atoms with van der Waals surface area (Å²) in [6.45, 7) is 2.13. The fourth-order valence-electron chi connectivity index (χ4n) is 2.45. The van der Waals surface area contributed by atoms with Gasteiger partial charge in [0.1, 0.15) is 0 Å². The number of rotatable bonds is 4. The van der Waals surface area contributed by atoms with Crippen molar-refractivity contribution in [2.45, 2.75) is 38.9 Å². The molecule has 0 aliphatic carbocycles. The van der Waals surface area contributed by atoms with Crippen LogP contribution in [-0.2, 0) is 26.1 Å². The van der Waals surface area contributed by atoms with E-state index in [-0.39, 0.29) is 6.03 Å². The van der Waals surface area contributed by atoms with Gasteiger partial charge in [-0.1, -0.05) is 6.07 Å². The molecule has 2 N–H and O–H groups in total. The van der Waals surface area contributed by atoms with E-state index in [2.05, 4.69) is 20.4 Å². The van der Waals surface area contributed by atoms with Crippen molar-refractivity contribution in [1.82, 2.24) is 20.4 Å². The molecule has 2 aromatic rings. The van der Waals surface area contributed by atoms with Gasteiger partial charge in [0, 0.05) is 29.2 Å². The van der Waals surface area contributed by atoms with Crippen molar-refractivity contribution in [3.63, 3.8) is 0 Å². The molecule has 20 heavy (non-hydrogen) atoms. The second-order valence-corrected chi connectivity index (χ2v) is 5.94. The summed E-state index contributed by atoms with van der Waals surface area (Å²) in [5.74, 6) is 0. The lowest BCUT2D eigenvalue weighted by atomic mass is 10.1. The summed E-state index contributed by atoms with van der Waals surface area (Å²) in [5.41, 5.74) is 2.41. The highest BCUT2D eigenvalue weighted by molar-refractivity contribution is 7.09. The van der Waals surface area contributed by atoms with Gasteiger partial charge < -0.3 is 10.6 Å². The van der Waals surface area contributed by atoms with Crippen LogP contribution in [0.15, 0.2) is 23.7 Å². The van der Waals surface area contributed by atoms with Crippen molar-refractivity contribution in [3.05, 3.63) is 39.8 Å². The van der Waals surface area contributed by atoms with E-state index in [0.29, 0.717) is 13.1 Å². The van der Waals surface area contributed by atoms with Crippen LogP contribution >= 0.6 is 11.3 Å². The quantitative estimate of drug-likeness (QED) is 0.907. The molecule has 0 atom stereocenters. The third-order valence-corrected chi connectivity index (χ3v) is 4.39. The van der Waals surface area contributed by atoms with Gasteiger partial charge in [0.05, 0.1) is 12.7 Å². The molecular formula is C14H18N4OS. The number of thiophene rings is 1. The zero-order valence-electron chi connectivity index (χ0n) is 11.3. The number of nitrogens with one attached hydrogen (secondary N) is 2. The van der Waals surface area contributed by atoms with Crippen LogP contribution in [0.3, 0.4) is 0 Å². The highest BCUT2D eigenvalue weighted by atomic mass is 32.1. The zero-order valence-corrected chi connectivity index (χ0v) is 12.1. The van der Waals surface area contributed by atoms with E-state index < -0.39 is 0 Å². The molecule has 1 aliphatic rings. The average molecular weight is 290 g/mol. The lowest BCUT2D eigenvalue weighted by Gasteiger charge is -2.15. The Hall–Kier alpha value is -1.82. The molecule has 0 unspecified atom stereocenters. The molecule has 3 heterocycles. The van der Waals surface area contributed by atoms with Crippen LogP contribution in [-0.4, -0.2) is 15.8 Å². The van der Waals surface area contributed by atoms with Crippen LogP contribution in [0.25, 0.3) is 0 Å². The Kier molecular flexibility index (Phi) is 4.01. The van der Waals surface area contributed by atoms with Gasteiger partial charge >= 0.3 is 6.03 Å². The van der Waals surface area contributed by atoms with Gasteiger partial charge in [-0.15, -0.1) is 11.3 Å². The third kappa shape index (κ3) is 3.01. The minimum atomic E-state index is -0.130. The number of aromatic nitrogens is 2. The third-order valence-electron chi connectivity index (χ3n) is 3.51. The molecule has 0 spiro atoms. The van der Waals surface area contributed by atoms with Gasteiger partial charge in [0.15, 0.2) is 0 Å². The van der Waals surface area contributed by atoms with Gasteiger partial charge in [-0.05, 0) is 30.7 Å². The molecule has 2 aromatic heterocycles. The number of fused-ring (bicyclic) bond motifs is 1. The first-order chi connectivity index (χ1) is 9.83. The van der Waals surface area contributed by atoms with Crippen LogP contribution in [0, 0.1) is 0 Å². The molecule has 0 aromatic carbocycles. The number of aryl methyl sites for hydroxylation is 1. The molecular weight excluding hydrogens is 272 g/mol. The predicted molar refractivity (Wildman–Crippen MR) is 78.6 cm³/mol. The normalized spacial score (nSPS) is 13.8. The number of urea groups is 1.